The maximum atomic E-state index is 13.2. The van der Waals surface area contributed by atoms with Gasteiger partial charge < -0.3 is 4.74 Å². The Kier molecular flexibility index (Phi) is 6.82. The average Bonchev–Trinajstić information content (AvgIpc) is 2.37. The number of hydrogen-bond donors (Lipinski definition) is 0. The zero-order chi connectivity index (χ0) is 13.5. The van der Waals surface area contributed by atoms with Gasteiger partial charge >= 0.3 is 0 Å². The van der Waals surface area contributed by atoms with Crippen LogP contribution in [0.25, 0.3) is 0 Å². The molecule has 0 spiro atoms. The lowest BCUT2D eigenvalue weighted by Crippen LogP contribution is -2.34. The Morgan fingerprint density at radius 1 is 1.44 bits per heavy atom. The zero-order valence-electron chi connectivity index (χ0n) is 11.2. The number of nitrogens with zero attached hydrogens (tertiary/aromatic N) is 1. The first-order valence-corrected chi connectivity index (χ1v) is 7.04. The van der Waals surface area contributed by atoms with Crippen LogP contribution in [0, 0.1) is 5.82 Å². The molecule has 0 saturated carbocycles. The molecule has 1 aromatic rings. The molecule has 1 atom stereocenters. The van der Waals surface area contributed by atoms with E-state index in [0.29, 0.717) is 17.1 Å². The molecular formula is C14H21BrFNO. The fourth-order valence-electron chi connectivity index (χ4n) is 1.79. The molecular weight excluding hydrogens is 297 g/mol. The molecule has 0 fully saturated rings. The molecule has 18 heavy (non-hydrogen) atoms. The first-order valence-electron chi connectivity index (χ1n) is 6.25. The lowest BCUT2D eigenvalue weighted by molar-refractivity contribution is 0.118. The molecule has 0 radical (unpaired) electrons. The van der Waals surface area contributed by atoms with Gasteiger partial charge in [-0.1, -0.05) is 13.0 Å². The topological polar surface area (TPSA) is 12.5 Å². The second-order valence-corrected chi connectivity index (χ2v) is 5.32. The molecule has 102 valence electrons. The lowest BCUT2D eigenvalue weighted by atomic mass is 10.1. The molecule has 1 aromatic carbocycles. The smallest absolute Gasteiger partial charge is 0.137 e. The second kappa shape index (κ2) is 7.87. The summed E-state index contributed by atoms with van der Waals surface area (Å²) in [4.78, 5) is 2.35. The minimum absolute atomic E-state index is 0.217. The van der Waals surface area contributed by atoms with Crippen molar-refractivity contribution < 1.29 is 9.13 Å². The van der Waals surface area contributed by atoms with Crippen LogP contribution in [0.4, 0.5) is 4.39 Å². The van der Waals surface area contributed by atoms with E-state index < -0.39 is 0 Å². The van der Waals surface area contributed by atoms with Crippen molar-refractivity contribution in [2.45, 2.75) is 32.9 Å². The molecule has 0 heterocycles. The third-order valence-electron chi connectivity index (χ3n) is 3.17. The van der Waals surface area contributed by atoms with Gasteiger partial charge in [-0.15, -0.1) is 0 Å². The van der Waals surface area contributed by atoms with Crippen LogP contribution in [0.1, 0.15) is 25.8 Å². The summed E-state index contributed by atoms with van der Waals surface area (Å²) in [6.45, 7) is 6.80. The zero-order valence-corrected chi connectivity index (χ0v) is 12.8. The third kappa shape index (κ3) is 4.67. The van der Waals surface area contributed by atoms with Gasteiger partial charge in [0.15, 0.2) is 0 Å². The van der Waals surface area contributed by atoms with E-state index in [4.69, 9.17) is 4.74 Å². The van der Waals surface area contributed by atoms with Gasteiger partial charge in [0.25, 0.3) is 0 Å². The van der Waals surface area contributed by atoms with Crippen molar-refractivity contribution in [1.82, 2.24) is 4.90 Å². The number of hydrogen-bond acceptors (Lipinski definition) is 2. The van der Waals surface area contributed by atoms with E-state index in [2.05, 4.69) is 34.7 Å². The average molecular weight is 318 g/mol. The van der Waals surface area contributed by atoms with E-state index in [1.807, 2.05) is 12.1 Å². The van der Waals surface area contributed by atoms with Crippen LogP contribution in [0.5, 0.6) is 0 Å². The normalized spacial score (nSPS) is 13.0. The van der Waals surface area contributed by atoms with Crippen LogP contribution in [0.2, 0.25) is 0 Å². The van der Waals surface area contributed by atoms with Gasteiger partial charge in [-0.05, 0) is 47.0 Å². The Labute approximate surface area is 117 Å². The van der Waals surface area contributed by atoms with E-state index in [1.54, 1.807) is 7.11 Å². The maximum absolute atomic E-state index is 13.2. The number of benzene rings is 1. The Hall–Kier alpha value is -0.450. The maximum Gasteiger partial charge on any atom is 0.137 e. The summed E-state index contributed by atoms with van der Waals surface area (Å²) in [5, 5.41) is 0. The van der Waals surface area contributed by atoms with Crippen molar-refractivity contribution in [3.63, 3.8) is 0 Å². The summed E-state index contributed by atoms with van der Waals surface area (Å²) in [5.74, 6) is -0.217. The summed E-state index contributed by atoms with van der Waals surface area (Å²) in [5.41, 5.74) is 1.11. The number of ether oxygens (including phenoxy) is 1. The van der Waals surface area contributed by atoms with E-state index in [-0.39, 0.29) is 5.82 Å². The van der Waals surface area contributed by atoms with Crippen molar-refractivity contribution in [2.75, 3.05) is 20.3 Å². The largest absolute Gasteiger partial charge is 0.383 e. The first-order chi connectivity index (χ1) is 8.58. The van der Waals surface area contributed by atoms with Gasteiger partial charge in [-0.3, -0.25) is 4.90 Å². The molecule has 4 heteroatoms. The minimum atomic E-state index is -0.217. The van der Waals surface area contributed by atoms with Crippen molar-refractivity contribution >= 4 is 15.9 Å². The van der Waals surface area contributed by atoms with Crippen LogP contribution in [0.15, 0.2) is 22.7 Å². The fraction of sp³-hybridized carbons (Fsp3) is 0.571. The van der Waals surface area contributed by atoms with Crippen LogP contribution in [-0.2, 0) is 11.3 Å². The van der Waals surface area contributed by atoms with Gasteiger partial charge in [0.05, 0.1) is 11.1 Å². The van der Waals surface area contributed by atoms with E-state index in [9.17, 15) is 4.39 Å². The first kappa shape index (κ1) is 15.6. The van der Waals surface area contributed by atoms with Gasteiger partial charge in [0, 0.05) is 26.2 Å². The highest BCUT2D eigenvalue weighted by atomic mass is 79.9. The molecule has 0 amide bonds. The van der Waals surface area contributed by atoms with Crippen molar-refractivity contribution in [3.05, 3.63) is 34.1 Å². The molecule has 1 rings (SSSR count). The predicted octanol–water partition coefficient (Wildman–Crippen LogP) is 3.84. The molecule has 0 N–H and O–H groups in total. The molecule has 0 saturated heterocycles. The fourth-order valence-corrected chi connectivity index (χ4v) is 2.22. The van der Waals surface area contributed by atoms with E-state index >= 15 is 0 Å². The van der Waals surface area contributed by atoms with Crippen molar-refractivity contribution in [3.8, 4) is 0 Å². The summed E-state index contributed by atoms with van der Waals surface area (Å²) >= 11 is 3.22. The van der Waals surface area contributed by atoms with E-state index in [1.165, 1.54) is 6.07 Å². The van der Waals surface area contributed by atoms with Gasteiger partial charge in [0.2, 0.25) is 0 Å². The molecule has 2 nitrogen and oxygen atoms in total. The summed E-state index contributed by atoms with van der Waals surface area (Å²) < 4.78 is 18.8. The highest BCUT2D eigenvalue weighted by Gasteiger charge is 2.13. The molecule has 0 aliphatic heterocycles. The number of rotatable bonds is 7. The quantitative estimate of drug-likeness (QED) is 0.757. The van der Waals surface area contributed by atoms with Crippen molar-refractivity contribution in [1.29, 1.82) is 0 Å². The second-order valence-electron chi connectivity index (χ2n) is 4.47. The van der Waals surface area contributed by atoms with E-state index in [0.717, 1.165) is 25.1 Å². The van der Waals surface area contributed by atoms with Crippen molar-refractivity contribution in [2.24, 2.45) is 0 Å². The predicted molar refractivity (Wildman–Crippen MR) is 76.1 cm³/mol. The van der Waals surface area contributed by atoms with Crippen LogP contribution < -0.4 is 0 Å². The highest BCUT2D eigenvalue weighted by Crippen LogP contribution is 2.19. The molecule has 0 aliphatic carbocycles. The Morgan fingerprint density at radius 3 is 2.72 bits per heavy atom. The molecule has 1 unspecified atom stereocenters. The lowest BCUT2D eigenvalue weighted by Gasteiger charge is -2.28. The Morgan fingerprint density at radius 2 is 2.17 bits per heavy atom. The SMILES string of the molecule is CCC(C)N(CCOC)Cc1ccc(F)c(Br)c1. The van der Waals surface area contributed by atoms with Gasteiger partial charge in [0.1, 0.15) is 5.82 Å². The molecule has 0 aromatic heterocycles. The molecule has 0 bridgehead atoms. The third-order valence-corrected chi connectivity index (χ3v) is 3.77. The molecule has 0 aliphatic rings. The number of methoxy groups -OCH3 is 1. The Bertz CT molecular complexity index is 373. The van der Waals surface area contributed by atoms with Crippen LogP contribution in [0.3, 0.4) is 0 Å². The highest BCUT2D eigenvalue weighted by molar-refractivity contribution is 9.10. The summed E-state index contributed by atoms with van der Waals surface area (Å²) in [6, 6.07) is 5.67. The Balaban J connectivity index is 2.71. The minimum Gasteiger partial charge on any atom is -0.383 e. The summed E-state index contributed by atoms with van der Waals surface area (Å²) in [6.07, 6.45) is 1.09. The van der Waals surface area contributed by atoms with Crippen LogP contribution >= 0.6 is 15.9 Å². The van der Waals surface area contributed by atoms with Gasteiger partial charge in [-0.2, -0.15) is 0 Å². The van der Waals surface area contributed by atoms with Gasteiger partial charge in [-0.25, -0.2) is 4.39 Å². The number of halogens is 2. The van der Waals surface area contributed by atoms with Crippen LogP contribution in [-0.4, -0.2) is 31.2 Å². The monoisotopic (exact) mass is 317 g/mol. The summed E-state index contributed by atoms with van der Waals surface area (Å²) in [7, 11) is 1.71. The standard InChI is InChI=1S/C14H21BrFNO/c1-4-11(2)17(7-8-18-3)10-12-5-6-14(16)13(15)9-12/h5-6,9,11H,4,7-8,10H2,1-3H3.